The lowest BCUT2D eigenvalue weighted by Gasteiger charge is -2.39. The Hall–Kier alpha value is -0.930. The fraction of sp³-hybridized carbons (Fsp3) is 0.667. The molecular formula is C18H27FN2. The van der Waals surface area contributed by atoms with Crippen LogP contribution in [0.1, 0.15) is 38.2 Å². The molecule has 1 aromatic rings. The summed E-state index contributed by atoms with van der Waals surface area (Å²) in [6.45, 7) is 5.77. The van der Waals surface area contributed by atoms with Crippen LogP contribution in [0.15, 0.2) is 24.3 Å². The van der Waals surface area contributed by atoms with Gasteiger partial charge in [-0.05, 0) is 69.7 Å². The summed E-state index contributed by atoms with van der Waals surface area (Å²) in [7, 11) is 0. The average Bonchev–Trinajstić information content (AvgIpc) is 3.04. The molecule has 0 saturated carbocycles. The first-order valence-electron chi connectivity index (χ1n) is 8.45. The van der Waals surface area contributed by atoms with Crippen molar-refractivity contribution < 1.29 is 4.39 Å². The molecule has 0 aliphatic carbocycles. The number of nitrogens with one attached hydrogen (secondary N) is 1. The standard InChI is InChI=1S/C18H27FN2/c1-14(12-15-6-2-3-8-17(15)19)21-11-5-7-16(13-21)18-9-4-10-20-18/h2-3,6,8,14,16,18,20H,4-5,7,9-13H2,1H3. The van der Waals surface area contributed by atoms with E-state index in [2.05, 4.69) is 17.1 Å². The summed E-state index contributed by atoms with van der Waals surface area (Å²) in [6.07, 6.45) is 6.11. The minimum atomic E-state index is -0.0598. The molecular weight excluding hydrogens is 263 g/mol. The Labute approximate surface area is 127 Å². The third-order valence-corrected chi connectivity index (χ3v) is 5.25. The van der Waals surface area contributed by atoms with Gasteiger partial charge in [-0.15, -0.1) is 0 Å². The Morgan fingerprint density at radius 1 is 1.29 bits per heavy atom. The SMILES string of the molecule is CC(Cc1ccccc1F)N1CCCC(C2CCCN2)C1. The summed E-state index contributed by atoms with van der Waals surface area (Å²) >= 11 is 0. The first-order valence-corrected chi connectivity index (χ1v) is 8.45. The number of hydrogen-bond donors (Lipinski definition) is 1. The molecule has 2 heterocycles. The van der Waals surface area contributed by atoms with Crippen LogP contribution in [0.25, 0.3) is 0 Å². The summed E-state index contributed by atoms with van der Waals surface area (Å²) in [4.78, 5) is 2.57. The van der Waals surface area contributed by atoms with Gasteiger partial charge in [0.2, 0.25) is 0 Å². The normalized spacial score (nSPS) is 28.7. The van der Waals surface area contributed by atoms with E-state index in [1.807, 2.05) is 12.1 Å². The highest BCUT2D eigenvalue weighted by Gasteiger charge is 2.30. The van der Waals surface area contributed by atoms with Crippen molar-refractivity contribution >= 4 is 0 Å². The molecule has 2 aliphatic heterocycles. The topological polar surface area (TPSA) is 15.3 Å². The molecule has 116 valence electrons. The number of halogens is 1. The Morgan fingerprint density at radius 2 is 2.14 bits per heavy atom. The van der Waals surface area contributed by atoms with Crippen LogP contribution in [0.3, 0.4) is 0 Å². The maximum Gasteiger partial charge on any atom is 0.126 e. The number of nitrogens with zero attached hydrogens (tertiary/aromatic N) is 1. The van der Waals surface area contributed by atoms with Crippen LogP contribution in [0.5, 0.6) is 0 Å². The van der Waals surface area contributed by atoms with Crippen LogP contribution >= 0.6 is 0 Å². The number of likely N-dealkylation sites (tertiary alicyclic amines) is 1. The molecule has 0 bridgehead atoms. The van der Waals surface area contributed by atoms with Crippen LogP contribution in [0, 0.1) is 11.7 Å². The second kappa shape index (κ2) is 6.89. The molecule has 1 N–H and O–H groups in total. The van der Waals surface area contributed by atoms with Gasteiger partial charge in [0, 0.05) is 18.6 Å². The number of rotatable bonds is 4. The summed E-state index contributed by atoms with van der Waals surface area (Å²) in [5.41, 5.74) is 0.853. The lowest BCUT2D eigenvalue weighted by atomic mass is 9.88. The minimum absolute atomic E-state index is 0.0598. The fourth-order valence-electron chi connectivity index (χ4n) is 3.99. The van der Waals surface area contributed by atoms with Gasteiger partial charge in [-0.3, -0.25) is 4.90 Å². The predicted octanol–water partition coefficient (Wildman–Crippen LogP) is 3.22. The Balaban J connectivity index is 1.59. The maximum absolute atomic E-state index is 13.8. The molecule has 21 heavy (non-hydrogen) atoms. The van der Waals surface area contributed by atoms with E-state index in [0.717, 1.165) is 17.9 Å². The van der Waals surface area contributed by atoms with Gasteiger partial charge in [0.1, 0.15) is 5.82 Å². The van der Waals surface area contributed by atoms with E-state index in [0.29, 0.717) is 12.1 Å². The quantitative estimate of drug-likeness (QED) is 0.916. The molecule has 2 fully saturated rings. The van der Waals surface area contributed by atoms with Crippen LogP contribution < -0.4 is 5.32 Å². The van der Waals surface area contributed by atoms with Crippen molar-refractivity contribution in [2.24, 2.45) is 5.92 Å². The Kier molecular flexibility index (Phi) is 4.91. The lowest BCUT2D eigenvalue weighted by molar-refractivity contribution is 0.114. The monoisotopic (exact) mass is 290 g/mol. The van der Waals surface area contributed by atoms with Gasteiger partial charge in [0.15, 0.2) is 0 Å². The van der Waals surface area contributed by atoms with Gasteiger partial charge in [-0.2, -0.15) is 0 Å². The van der Waals surface area contributed by atoms with E-state index >= 15 is 0 Å². The van der Waals surface area contributed by atoms with Crippen molar-refractivity contribution in [1.82, 2.24) is 10.2 Å². The van der Waals surface area contributed by atoms with Crippen molar-refractivity contribution in [2.45, 2.75) is 51.1 Å². The average molecular weight is 290 g/mol. The van der Waals surface area contributed by atoms with E-state index < -0.39 is 0 Å². The van der Waals surface area contributed by atoms with E-state index in [1.165, 1.54) is 45.3 Å². The molecule has 2 aliphatic rings. The highest BCUT2D eigenvalue weighted by Crippen LogP contribution is 2.26. The Morgan fingerprint density at radius 3 is 2.90 bits per heavy atom. The van der Waals surface area contributed by atoms with Gasteiger partial charge >= 0.3 is 0 Å². The first-order chi connectivity index (χ1) is 10.2. The molecule has 3 unspecified atom stereocenters. The van der Waals surface area contributed by atoms with Gasteiger partial charge in [0.05, 0.1) is 0 Å². The third kappa shape index (κ3) is 3.64. The molecule has 2 saturated heterocycles. The van der Waals surface area contributed by atoms with Crippen LogP contribution in [-0.4, -0.2) is 36.6 Å². The second-order valence-electron chi connectivity index (χ2n) is 6.74. The highest BCUT2D eigenvalue weighted by molar-refractivity contribution is 5.18. The summed E-state index contributed by atoms with van der Waals surface area (Å²) in [5.74, 6) is 0.722. The minimum Gasteiger partial charge on any atom is -0.314 e. The maximum atomic E-state index is 13.8. The molecule has 1 aromatic carbocycles. The second-order valence-corrected chi connectivity index (χ2v) is 6.74. The molecule has 0 amide bonds. The summed E-state index contributed by atoms with van der Waals surface area (Å²) < 4.78 is 13.8. The summed E-state index contributed by atoms with van der Waals surface area (Å²) in [6, 6.07) is 8.34. The molecule has 3 heteroatoms. The first kappa shape index (κ1) is 15.0. The molecule has 2 nitrogen and oxygen atoms in total. The van der Waals surface area contributed by atoms with Crippen LogP contribution in [0.2, 0.25) is 0 Å². The van der Waals surface area contributed by atoms with Gasteiger partial charge in [-0.25, -0.2) is 4.39 Å². The van der Waals surface area contributed by atoms with Crippen molar-refractivity contribution in [3.05, 3.63) is 35.6 Å². The Bertz CT molecular complexity index is 456. The zero-order valence-electron chi connectivity index (χ0n) is 13.0. The zero-order valence-corrected chi connectivity index (χ0v) is 13.0. The number of benzene rings is 1. The largest absolute Gasteiger partial charge is 0.314 e. The highest BCUT2D eigenvalue weighted by atomic mass is 19.1. The van der Waals surface area contributed by atoms with Crippen LogP contribution in [-0.2, 0) is 6.42 Å². The van der Waals surface area contributed by atoms with Crippen molar-refractivity contribution in [1.29, 1.82) is 0 Å². The fourth-order valence-corrected chi connectivity index (χ4v) is 3.99. The summed E-state index contributed by atoms with van der Waals surface area (Å²) in [5, 5.41) is 3.66. The van der Waals surface area contributed by atoms with E-state index in [-0.39, 0.29) is 5.82 Å². The van der Waals surface area contributed by atoms with E-state index in [1.54, 1.807) is 12.1 Å². The van der Waals surface area contributed by atoms with Gasteiger partial charge in [0.25, 0.3) is 0 Å². The third-order valence-electron chi connectivity index (χ3n) is 5.25. The smallest absolute Gasteiger partial charge is 0.126 e. The molecule has 0 aromatic heterocycles. The number of piperidine rings is 1. The predicted molar refractivity (Wildman–Crippen MR) is 84.9 cm³/mol. The zero-order chi connectivity index (χ0) is 14.7. The van der Waals surface area contributed by atoms with Gasteiger partial charge < -0.3 is 5.32 Å². The van der Waals surface area contributed by atoms with E-state index in [4.69, 9.17) is 0 Å². The van der Waals surface area contributed by atoms with Crippen LogP contribution in [0.4, 0.5) is 4.39 Å². The van der Waals surface area contributed by atoms with Crippen molar-refractivity contribution in [3.63, 3.8) is 0 Å². The number of hydrogen-bond acceptors (Lipinski definition) is 2. The molecule has 3 atom stereocenters. The van der Waals surface area contributed by atoms with Crippen molar-refractivity contribution in [2.75, 3.05) is 19.6 Å². The molecule has 3 rings (SSSR count). The van der Waals surface area contributed by atoms with Gasteiger partial charge in [-0.1, -0.05) is 18.2 Å². The molecule has 0 radical (unpaired) electrons. The van der Waals surface area contributed by atoms with Crippen molar-refractivity contribution in [3.8, 4) is 0 Å². The molecule has 0 spiro atoms. The lowest BCUT2D eigenvalue weighted by Crippen LogP contribution is -2.47. The van der Waals surface area contributed by atoms with E-state index in [9.17, 15) is 4.39 Å².